The first-order chi connectivity index (χ1) is 11.3. The van der Waals surface area contributed by atoms with Gasteiger partial charge in [0.2, 0.25) is 11.8 Å². The molecule has 2 rings (SSSR count). The molecule has 5 heteroatoms. The smallest absolute Gasteiger partial charge is 0.224 e. The molecular formula is C19H21FN2O2. The zero-order valence-electron chi connectivity index (χ0n) is 14.1. The van der Waals surface area contributed by atoms with Crippen LogP contribution in [0.15, 0.2) is 36.4 Å². The van der Waals surface area contributed by atoms with E-state index in [1.165, 1.54) is 30.7 Å². The number of benzene rings is 2. The number of amides is 2. The third-order valence-corrected chi connectivity index (χ3v) is 3.68. The van der Waals surface area contributed by atoms with Crippen LogP contribution in [0.25, 0.3) is 0 Å². The maximum absolute atomic E-state index is 13.6. The zero-order valence-corrected chi connectivity index (χ0v) is 14.1. The third kappa shape index (κ3) is 4.91. The first-order valence-corrected chi connectivity index (χ1v) is 7.78. The molecule has 0 unspecified atom stereocenters. The Hall–Kier alpha value is -2.69. The monoisotopic (exact) mass is 328 g/mol. The topological polar surface area (TPSA) is 58.2 Å². The first-order valence-electron chi connectivity index (χ1n) is 7.78. The average Bonchev–Trinajstić information content (AvgIpc) is 2.49. The van der Waals surface area contributed by atoms with Gasteiger partial charge in [-0.15, -0.1) is 0 Å². The van der Waals surface area contributed by atoms with Crippen LogP contribution in [0, 0.1) is 19.7 Å². The maximum Gasteiger partial charge on any atom is 0.224 e. The molecule has 0 aliphatic rings. The van der Waals surface area contributed by atoms with Crippen molar-refractivity contribution >= 4 is 23.2 Å². The molecule has 2 N–H and O–H groups in total. The summed E-state index contributed by atoms with van der Waals surface area (Å²) in [6, 6.07) is 10.2. The Balaban J connectivity index is 1.98. The van der Waals surface area contributed by atoms with Crippen LogP contribution >= 0.6 is 0 Å². The van der Waals surface area contributed by atoms with E-state index in [0.29, 0.717) is 18.5 Å². The van der Waals surface area contributed by atoms with Gasteiger partial charge in [0.15, 0.2) is 0 Å². The first kappa shape index (κ1) is 17.7. The number of hydrogen-bond donors (Lipinski definition) is 2. The van der Waals surface area contributed by atoms with Crippen LogP contribution in [0.4, 0.5) is 15.8 Å². The lowest BCUT2D eigenvalue weighted by Crippen LogP contribution is -2.14. The van der Waals surface area contributed by atoms with Crippen molar-refractivity contribution in [1.82, 2.24) is 0 Å². The number of rotatable bonds is 5. The van der Waals surface area contributed by atoms with Crippen molar-refractivity contribution in [2.45, 2.75) is 33.6 Å². The van der Waals surface area contributed by atoms with Gasteiger partial charge >= 0.3 is 0 Å². The third-order valence-electron chi connectivity index (χ3n) is 3.68. The van der Waals surface area contributed by atoms with Crippen LogP contribution in [0.5, 0.6) is 0 Å². The summed E-state index contributed by atoms with van der Waals surface area (Å²) < 4.78 is 13.6. The number of hydrogen-bond acceptors (Lipinski definition) is 2. The quantitative estimate of drug-likeness (QED) is 0.872. The maximum atomic E-state index is 13.6. The number of aryl methyl sites for hydroxylation is 3. The Kier molecular flexibility index (Phi) is 5.68. The average molecular weight is 328 g/mol. The highest BCUT2D eigenvalue weighted by molar-refractivity contribution is 5.93. The van der Waals surface area contributed by atoms with Gasteiger partial charge in [-0.2, -0.15) is 0 Å². The lowest BCUT2D eigenvalue weighted by Gasteiger charge is -2.10. The molecule has 0 saturated carbocycles. The zero-order chi connectivity index (χ0) is 17.7. The van der Waals surface area contributed by atoms with E-state index < -0.39 is 5.82 Å². The van der Waals surface area contributed by atoms with Crippen molar-refractivity contribution in [1.29, 1.82) is 0 Å². The van der Waals surface area contributed by atoms with Crippen LogP contribution in [-0.2, 0) is 16.0 Å². The molecule has 4 nitrogen and oxygen atoms in total. The molecule has 126 valence electrons. The van der Waals surface area contributed by atoms with Crippen molar-refractivity contribution in [3.05, 3.63) is 58.9 Å². The van der Waals surface area contributed by atoms with Crippen molar-refractivity contribution in [3.8, 4) is 0 Å². The molecule has 0 radical (unpaired) electrons. The lowest BCUT2D eigenvalue weighted by atomic mass is 10.0. The Morgan fingerprint density at radius 3 is 2.46 bits per heavy atom. The standard InChI is InChI=1S/C19H21FN2O2/c1-12-4-5-15(13(2)10-12)6-9-19(24)22-16-7-8-17(20)18(11-16)21-14(3)23/h4-5,7-8,10-11H,6,9H2,1-3H3,(H,21,23)(H,22,24). The summed E-state index contributed by atoms with van der Waals surface area (Å²) in [5.41, 5.74) is 3.99. The van der Waals surface area contributed by atoms with E-state index in [1.54, 1.807) is 0 Å². The minimum atomic E-state index is -0.543. The summed E-state index contributed by atoms with van der Waals surface area (Å²) in [6.45, 7) is 5.36. The van der Waals surface area contributed by atoms with Crippen LogP contribution in [0.3, 0.4) is 0 Å². The number of carbonyl (C=O) groups is 2. The fraction of sp³-hybridized carbons (Fsp3) is 0.263. The molecule has 0 aliphatic heterocycles. The molecule has 2 aromatic carbocycles. The highest BCUT2D eigenvalue weighted by Gasteiger charge is 2.09. The van der Waals surface area contributed by atoms with Gasteiger partial charge in [-0.05, 0) is 49.6 Å². The fourth-order valence-corrected chi connectivity index (χ4v) is 2.49. The number of anilines is 2. The predicted molar refractivity (Wildman–Crippen MR) is 93.6 cm³/mol. The van der Waals surface area contributed by atoms with Gasteiger partial charge in [0, 0.05) is 19.0 Å². The van der Waals surface area contributed by atoms with Crippen LogP contribution in [0.2, 0.25) is 0 Å². The largest absolute Gasteiger partial charge is 0.326 e. The molecule has 0 aliphatic carbocycles. The van der Waals surface area contributed by atoms with Gasteiger partial charge in [-0.1, -0.05) is 23.8 Å². The van der Waals surface area contributed by atoms with Gasteiger partial charge in [0.1, 0.15) is 5.82 Å². The van der Waals surface area contributed by atoms with Crippen molar-refractivity contribution in [2.24, 2.45) is 0 Å². The summed E-state index contributed by atoms with van der Waals surface area (Å²) in [5.74, 6) is -1.07. The second-order valence-electron chi connectivity index (χ2n) is 5.85. The van der Waals surface area contributed by atoms with Crippen LogP contribution < -0.4 is 10.6 Å². The molecule has 0 fully saturated rings. The Morgan fingerprint density at radius 2 is 1.79 bits per heavy atom. The summed E-state index contributed by atoms with van der Waals surface area (Å²) in [5, 5.41) is 5.12. The van der Waals surface area contributed by atoms with E-state index in [-0.39, 0.29) is 17.5 Å². The van der Waals surface area contributed by atoms with Gasteiger partial charge in [0.05, 0.1) is 5.69 Å². The SMILES string of the molecule is CC(=O)Nc1cc(NC(=O)CCc2ccc(C)cc2C)ccc1F. The van der Waals surface area contributed by atoms with E-state index in [0.717, 1.165) is 11.1 Å². The number of nitrogens with one attached hydrogen (secondary N) is 2. The summed E-state index contributed by atoms with van der Waals surface area (Å²) in [4.78, 5) is 23.1. The van der Waals surface area contributed by atoms with Crippen LogP contribution in [0.1, 0.15) is 30.0 Å². The molecule has 0 heterocycles. The second kappa shape index (κ2) is 7.73. The summed E-state index contributed by atoms with van der Waals surface area (Å²) in [6.07, 6.45) is 0.967. The normalized spacial score (nSPS) is 10.3. The van der Waals surface area contributed by atoms with E-state index in [1.807, 2.05) is 26.0 Å². The van der Waals surface area contributed by atoms with E-state index in [4.69, 9.17) is 0 Å². The highest BCUT2D eigenvalue weighted by Crippen LogP contribution is 2.20. The van der Waals surface area contributed by atoms with E-state index in [2.05, 4.69) is 16.7 Å². The van der Waals surface area contributed by atoms with Gasteiger partial charge in [-0.25, -0.2) is 4.39 Å². The number of carbonyl (C=O) groups excluding carboxylic acids is 2. The Morgan fingerprint density at radius 1 is 1.04 bits per heavy atom. The van der Waals surface area contributed by atoms with E-state index in [9.17, 15) is 14.0 Å². The molecule has 2 amide bonds. The minimum absolute atomic E-state index is 0.0506. The fourth-order valence-electron chi connectivity index (χ4n) is 2.49. The lowest BCUT2D eigenvalue weighted by molar-refractivity contribution is -0.116. The van der Waals surface area contributed by atoms with Crippen LogP contribution in [-0.4, -0.2) is 11.8 Å². The van der Waals surface area contributed by atoms with Crippen molar-refractivity contribution in [2.75, 3.05) is 10.6 Å². The predicted octanol–water partition coefficient (Wildman–Crippen LogP) is 3.97. The van der Waals surface area contributed by atoms with E-state index >= 15 is 0 Å². The second-order valence-corrected chi connectivity index (χ2v) is 5.85. The van der Waals surface area contributed by atoms with Crippen molar-refractivity contribution < 1.29 is 14.0 Å². The van der Waals surface area contributed by atoms with Gasteiger partial charge in [-0.3, -0.25) is 9.59 Å². The van der Waals surface area contributed by atoms with Crippen molar-refractivity contribution in [3.63, 3.8) is 0 Å². The molecule has 0 bridgehead atoms. The Bertz CT molecular complexity index is 772. The molecule has 24 heavy (non-hydrogen) atoms. The number of halogens is 1. The minimum Gasteiger partial charge on any atom is -0.326 e. The highest BCUT2D eigenvalue weighted by atomic mass is 19.1. The van der Waals surface area contributed by atoms with Gasteiger partial charge < -0.3 is 10.6 Å². The Labute approximate surface area is 141 Å². The summed E-state index contributed by atoms with van der Waals surface area (Å²) >= 11 is 0. The molecule has 0 aromatic heterocycles. The molecule has 0 saturated heterocycles. The molecule has 2 aromatic rings. The molecular weight excluding hydrogens is 307 g/mol. The molecule has 0 atom stereocenters. The van der Waals surface area contributed by atoms with Gasteiger partial charge in [0.25, 0.3) is 0 Å². The molecule has 0 spiro atoms. The summed E-state index contributed by atoms with van der Waals surface area (Å²) in [7, 11) is 0.